The molecule has 0 bridgehead atoms. The summed E-state index contributed by atoms with van der Waals surface area (Å²) < 4.78 is 55.1. The summed E-state index contributed by atoms with van der Waals surface area (Å²) in [7, 11) is -4.64. The van der Waals surface area contributed by atoms with Gasteiger partial charge in [-0.3, -0.25) is 14.9 Å². The summed E-state index contributed by atoms with van der Waals surface area (Å²) in [5.41, 5.74) is 4.95. The van der Waals surface area contributed by atoms with Gasteiger partial charge in [0.2, 0.25) is 5.88 Å². The minimum Gasteiger partial charge on any atom is -0.733 e. The number of aromatic amines is 1. The number of hydrogen-bond acceptors (Lipinski definition) is 16. The molecule has 6 heterocycles. The predicted octanol–water partition coefficient (Wildman–Crippen LogP) is 7.47. The molecule has 5 aliphatic rings. The smallest absolute Gasteiger partial charge is 0.267 e. The average molecular weight is 1030 g/mol. The molecule has 10 rings (SSSR count). The number of halogens is 1. The predicted molar refractivity (Wildman–Crippen MR) is 276 cm³/mol. The molecule has 20 heteroatoms. The van der Waals surface area contributed by atoms with E-state index in [0.29, 0.717) is 113 Å². The lowest BCUT2D eigenvalue weighted by atomic mass is 9.71. The Morgan fingerprint density at radius 3 is 2.58 bits per heavy atom. The van der Waals surface area contributed by atoms with E-state index >= 15 is 0 Å². The van der Waals surface area contributed by atoms with Crippen molar-refractivity contribution in [3.63, 3.8) is 0 Å². The van der Waals surface area contributed by atoms with Crippen LogP contribution in [0.25, 0.3) is 16.6 Å². The number of sulfonamides is 1. The number of carbonyl (C=O) groups is 1. The second kappa shape index (κ2) is 20.8. The Balaban J connectivity index is 0.967. The van der Waals surface area contributed by atoms with Gasteiger partial charge in [-0.25, -0.2) is 13.1 Å². The topological polar surface area (TPSA) is 217 Å². The maximum atomic E-state index is 14.6. The summed E-state index contributed by atoms with van der Waals surface area (Å²) >= 11 is 6.37. The summed E-state index contributed by atoms with van der Waals surface area (Å²) in [4.78, 5) is 28.9. The fraction of sp³-hybridized carbons (Fsp3) is 0.462. The number of aromatic nitrogens is 2. The number of piperazine rings is 1. The van der Waals surface area contributed by atoms with Crippen molar-refractivity contribution in [2.24, 2.45) is 5.41 Å². The van der Waals surface area contributed by atoms with E-state index in [1.165, 1.54) is 23.3 Å². The number of nitrogens with one attached hydrogen (secondary N) is 3. The second-order valence-corrected chi connectivity index (χ2v) is 22.4. The van der Waals surface area contributed by atoms with Gasteiger partial charge < -0.3 is 54.6 Å². The van der Waals surface area contributed by atoms with E-state index in [1.54, 1.807) is 12.3 Å². The number of nitrogens with zero attached hydrogens (tertiary/aromatic N) is 5. The molecule has 384 valence electrons. The van der Waals surface area contributed by atoms with Crippen LogP contribution in [-0.2, 0) is 24.2 Å². The molecule has 0 spiro atoms. The van der Waals surface area contributed by atoms with Gasteiger partial charge in [0.25, 0.3) is 15.9 Å². The molecule has 5 aromatic rings. The summed E-state index contributed by atoms with van der Waals surface area (Å²) in [5, 5.41) is 37.5. The highest BCUT2D eigenvalue weighted by molar-refractivity contribution is 7.90. The first-order chi connectivity index (χ1) is 34.6. The number of ether oxygens (including phenoxy) is 4. The normalized spacial score (nSPS) is 21.9. The van der Waals surface area contributed by atoms with Gasteiger partial charge in [-0.15, -0.1) is 0 Å². The fourth-order valence-corrected chi connectivity index (χ4v) is 11.8. The quantitative estimate of drug-likeness (QED) is 0.0857. The number of pyridine rings is 1. The van der Waals surface area contributed by atoms with E-state index in [1.807, 2.05) is 41.3 Å². The maximum Gasteiger partial charge on any atom is 0.267 e. The fourth-order valence-electron chi connectivity index (χ4n) is 10.7. The minimum absolute atomic E-state index is 0.00317. The Morgan fingerprint density at radius 1 is 0.958 bits per heavy atom. The highest BCUT2D eigenvalue weighted by Crippen LogP contribution is 2.46. The van der Waals surface area contributed by atoms with Gasteiger partial charge in [0.1, 0.15) is 11.3 Å². The van der Waals surface area contributed by atoms with Crippen LogP contribution in [0, 0.1) is 10.6 Å². The molecule has 4 aliphatic heterocycles. The van der Waals surface area contributed by atoms with Crippen LogP contribution in [-0.4, -0.2) is 136 Å². The zero-order chi connectivity index (χ0) is 50.2. The van der Waals surface area contributed by atoms with E-state index in [4.69, 9.17) is 35.5 Å². The molecule has 2 atom stereocenters. The molecule has 2 aromatic heterocycles. The maximum absolute atomic E-state index is 14.6. The summed E-state index contributed by atoms with van der Waals surface area (Å²) in [5.74, 6) is -0.543. The third kappa shape index (κ3) is 10.9. The molecule has 3 saturated heterocycles. The van der Waals surface area contributed by atoms with Gasteiger partial charge in [-0.2, -0.15) is 4.98 Å². The number of benzene rings is 3. The summed E-state index contributed by atoms with van der Waals surface area (Å²) in [6.07, 6.45) is 5.64. The molecule has 3 aromatic carbocycles. The number of carbonyl (C=O) groups excluding carboxylic acids is 1. The lowest BCUT2D eigenvalue weighted by Crippen LogP contribution is -2.56. The third-order valence-electron chi connectivity index (χ3n) is 14.6. The number of aliphatic hydroxyl groups is 1. The molecular weight excluding hydrogens is 964 g/mol. The average Bonchev–Trinajstić information content (AvgIpc) is 3.71. The molecule has 1 unspecified atom stereocenters. The van der Waals surface area contributed by atoms with Crippen molar-refractivity contribution < 1.29 is 42.5 Å². The zero-order valence-electron chi connectivity index (χ0n) is 40.6. The molecule has 0 radical (unpaired) electrons. The molecule has 18 nitrogen and oxygen atoms in total. The van der Waals surface area contributed by atoms with Crippen molar-refractivity contribution in [3.05, 3.63) is 106 Å². The van der Waals surface area contributed by atoms with E-state index < -0.39 is 37.3 Å². The standard InChI is InChI=1S/C52H62ClN8O10S/c1-51(2)28-41(34-5-7-36(53)8-6-34)42-31-59-19-18-58(30-38(59)32-69-20-4-22-70-47(42)29-51)37-9-11-40(44(26-37)60-17-3-21-71-50-46(60)25-35-13-16-54-48(35)56-50)49(62)57-72(66,67)39-10-12-43(45(27-39)61(64)65)55-33-52(63)14-23-68-24-15-52/h5-13,16,25-27,38,47,55,63-64H,3-4,14-15,17-24,28-33H2,1-2H3,(H,54,56)(H,57,62)/q-1/t38?,47-/m1/s1. The monoisotopic (exact) mass is 1030 g/mol. The Kier molecular flexibility index (Phi) is 14.5. The SMILES string of the molecule is CC1(C)CC(c2ccc(Cl)cc2)=C2CN3CCN(c4ccc(C(=O)NS(=O)(=O)c5ccc(NCC6(O)CCOCC6)c(N([O-])O)c5)c(N5CCCOc6nc7[nH]ccc7cc65)c4)CC3COCCCO[C@@H]2C1. The van der Waals surface area contributed by atoms with Gasteiger partial charge in [-0.05, 0) is 108 Å². The van der Waals surface area contributed by atoms with Crippen LogP contribution in [0.4, 0.5) is 28.4 Å². The molecule has 1 aliphatic carbocycles. The number of anilines is 5. The highest BCUT2D eigenvalue weighted by atomic mass is 35.5. The number of hydrogen-bond donors (Lipinski definition) is 5. The van der Waals surface area contributed by atoms with Crippen molar-refractivity contribution in [1.82, 2.24) is 19.6 Å². The molecular formula is C52H62ClN8O10S-. The number of rotatable bonds is 10. The first-order valence-corrected chi connectivity index (χ1v) is 26.6. The first-order valence-electron chi connectivity index (χ1n) is 24.7. The van der Waals surface area contributed by atoms with Crippen molar-refractivity contribution in [1.29, 1.82) is 0 Å². The van der Waals surface area contributed by atoms with E-state index in [9.17, 15) is 28.7 Å². The number of amides is 1. The first kappa shape index (κ1) is 50.1. The van der Waals surface area contributed by atoms with E-state index in [0.717, 1.165) is 48.5 Å². The third-order valence-corrected chi connectivity index (χ3v) is 16.1. The van der Waals surface area contributed by atoms with Gasteiger partial charge in [-0.1, -0.05) is 37.6 Å². The Hall–Kier alpha value is -5.48. The van der Waals surface area contributed by atoms with E-state index in [2.05, 4.69) is 50.8 Å². The van der Waals surface area contributed by atoms with Gasteiger partial charge in [0.05, 0.1) is 58.5 Å². The Bertz CT molecular complexity index is 2930. The van der Waals surface area contributed by atoms with Crippen LogP contribution in [0.1, 0.15) is 68.3 Å². The molecule has 1 amide bonds. The molecule has 72 heavy (non-hydrogen) atoms. The largest absolute Gasteiger partial charge is 0.733 e. The van der Waals surface area contributed by atoms with Crippen LogP contribution in [0.3, 0.4) is 0 Å². The second-order valence-electron chi connectivity index (χ2n) is 20.3. The van der Waals surface area contributed by atoms with Gasteiger partial charge >= 0.3 is 0 Å². The lowest BCUT2D eigenvalue weighted by Gasteiger charge is -2.45. The number of H-pyrrole nitrogens is 1. The zero-order valence-corrected chi connectivity index (χ0v) is 42.1. The highest BCUT2D eigenvalue weighted by Gasteiger charge is 2.39. The van der Waals surface area contributed by atoms with Crippen molar-refractivity contribution >= 4 is 72.6 Å². The Morgan fingerprint density at radius 2 is 1.78 bits per heavy atom. The van der Waals surface area contributed by atoms with Gasteiger partial charge in [0.15, 0.2) is 0 Å². The van der Waals surface area contributed by atoms with Gasteiger partial charge in [0, 0.05) is 101 Å². The van der Waals surface area contributed by atoms with Crippen molar-refractivity contribution in [2.45, 2.75) is 75.0 Å². The molecule has 0 saturated carbocycles. The number of allylic oxidation sites excluding steroid dienone is 1. The lowest BCUT2D eigenvalue weighted by molar-refractivity contribution is -0.0543. The van der Waals surface area contributed by atoms with Crippen molar-refractivity contribution in [2.75, 3.05) is 99.3 Å². The van der Waals surface area contributed by atoms with Crippen LogP contribution in [0.2, 0.25) is 5.02 Å². The van der Waals surface area contributed by atoms with Crippen LogP contribution >= 0.6 is 11.6 Å². The Labute approximate surface area is 424 Å². The summed E-state index contributed by atoms with van der Waals surface area (Å²) in [6.45, 7) is 10.5. The number of fused-ring (bicyclic) bond motifs is 4. The summed E-state index contributed by atoms with van der Waals surface area (Å²) in [6, 6.07) is 20.9. The van der Waals surface area contributed by atoms with Crippen LogP contribution in [0.5, 0.6) is 5.88 Å². The van der Waals surface area contributed by atoms with Crippen LogP contribution in [0.15, 0.2) is 89.5 Å². The van der Waals surface area contributed by atoms with Crippen molar-refractivity contribution in [3.8, 4) is 5.88 Å². The molecule has 3 fully saturated rings. The minimum atomic E-state index is -4.64. The van der Waals surface area contributed by atoms with E-state index in [-0.39, 0.29) is 35.4 Å². The van der Waals surface area contributed by atoms with Crippen LogP contribution < -0.4 is 29.8 Å². The molecule has 5 N–H and O–H groups in total.